The summed E-state index contributed by atoms with van der Waals surface area (Å²) in [5.74, 6) is 0. The average molecular weight is 270 g/mol. The molecular formula is C18H26N2. The molecule has 20 heavy (non-hydrogen) atoms. The van der Waals surface area contributed by atoms with Gasteiger partial charge in [0.05, 0.1) is 0 Å². The number of hydrogen-bond donors (Lipinski definition) is 1. The first-order chi connectivity index (χ1) is 9.83. The third-order valence-electron chi connectivity index (χ3n) is 4.54. The van der Waals surface area contributed by atoms with Crippen LogP contribution in [0.1, 0.15) is 44.1 Å². The quantitative estimate of drug-likeness (QED) is 0.803. The maximum Gasteiger partial charge on any atom is 0.0480 e. The first-order valence-corrected chi connectivity index (χ1v) is 8.12. The first kappa shape index (κ1) is 13.7. The van der Waals surface area contributed by atoms with Crippen LogP contribution in [0.3, 0.4) is 0 Å². The molecule has 1 saturated carbocycles. The number of nitrogens with zero attached hydrogens (tertiary/aromatic N) is 1. The Balaban J connectivity index is 1.49. The maximum atomic E-state index is 3.73. The summed E-state index contributed by atoms with van der Waals surface area (Å²) in [6.07, 6.45) is 10.5. The molecule has 2 aromatic rings. The highest BCUT2D eigenvalue weighted by Crippen LogP contribution is 2.18. The second-order valence-corrected chi connectivity index (χ2v) is 6.21. The monoisotopic (exact) mass is 270 g/mol. The lowest BCUT2D eigenvalue weighted by atomic mass is 9.95. The minimum absolute atomic E-state index is 0.785. The largest absolute Gasteiger partial charge is 0.347 e. The normalized spacial score (nSPS) is 16.9. The third-order valence-corrected chi connectivity index (χ3v) is 4.54. The summed E-state index contributed by atoms with van der Waals surface area (Å²) in [6, 6.07) is 9.74. The topological polar surface area (TPSA) is 17.0 Å². The van der Waals surface area contributed by atoms with Crippen molar-refractivity contribution in [1.29, 1.82) is 0 Å². The van der Waals surface area contributed by atoms with Crippen LogP contribution < -0.4 is 5.32 Å². The summed E-state index contributed by atoms with van der Waals surface area (Å²) >= 11 is 0. The van der Waals surface area contributed by atoms with Crippen molar-refractivity contribution in [2.75, 3.05) is 6.54 Å². The Labute approximate surface area is 122 Å². The van der Waals surface area contributed by atoms with E-state index < -0.39 is 0 Å². The molecule has 1 N–H and O–H groups in total. The molecule has 0 saturated heterocycles. The molecule has 3 rings (SSSR count). The van der Waals surface area contributed by atoms with E-state index in [0.29, 0.717) is 0 Å². The van der Waals surface area contributed by atoms with Crippen molar-refractivity contribution < 1.29 is 0 Å². The van der Waals surface area contributed by atoms with Crippen LogP contribution in [0.4, 0.5) is 0 Å². The lowest BCUT2D eigenvalue weighted by Gasteiger charge is -2.22. The Morgan fingerprint density at radius 3 is 2.85 bits per heavy atom. The number of hydrogen-bond acceptors (Lipinski definition) is 1. The van der Waals surface area contributed by atoms with Crippen LogP contribution >= 0.6 is 0 Å². The smallest absolute Gasteiger partial charge is 0.0480 e. The zero-order valence-electron chi connectivity index (χ0n) is 12.6. The van der Waals surface area contributed by atoms with Crippen LogP contribution in [-0.4, -0.2) is 17.2 Å². The SMILES string of the molecule is Cc1ccc2c(ccn2CCCNC2CCCCC2)c1. The zero-order chi connectivity index (χ0) is 13.8. The van der Waals surface area contributed by atoms with Gasteiger partial charge in [0.25, 0.3) is 0 Å². The van der Waals surface area contributed by atoms with Crippen molar-refractivity contribution in [3.05, 3.63) is 36.0 Å². The first-order valence-electron chi connectivity index (χ1n) is 8.12. The van der Waals surface area contributed by atoms with E-state index in [2.05, 4.69) is 47.3 Å². The average Bonchev–Trinajstić information content (AvgIpc) is 2.87. The molecule has 0 radical (unpaired) electrons. The standard InChI is InChI=1S/C18H26N2/c1-15-8-9-18-16(14-15)10-13-20(18)12-5-11-19-17-6-3-2-4-7-17/h8-10,13-14,17,19H,2-7,11-12H2,1H3. The molecule has 1 aromatic heterocycles. The van der Waals surface area contributed by atoms with Crippen molar-refractivity contribution in [2.24, 2.45) is 0 Å². The van der Waals surface area contributed by atoms with Crippen LogP contribution in [0.15, 0.2) is 30.5 Å². The van der Waals surface area contributed by atoms with E-state index in [1.165, 1.54) is 55.0 Å². The molecule has 0 spiro atoms. The number of fused-ring (bicyclic) bond motifs is 1. The summed E-state index contributed by atoms with van der Waals surface area (Å²) < 4.78 is 2.39. The predicted molar refractivity (Wildman–Crippen MR) is 86.2 cm³/mol. The van der Waals surface area contributed by atoms with Crippen LogP contribution in [-0.2, 0) is 6.54 Å². The van der Waals surface area contributed by atoms with E-state index in [0.717, 1.165) is 19.1 Å². The maximum absolute atomic E-state index is 3.73. The van der Waals surface area contributed by atoms with Gasteiger partial charge in [-0.1, -0.05) is 30.9 Å². The van der Waals surface area contributed by atoms with Crippen molar-refractivity contribution in [3.63, 3.8) is 0 Å². The van der Waals surface area contributed by atoms with E-state index >= 15 is 0 Å². The Hall–Kier alpha value is -1.28. The molecule has 108 valence electrons. The van der Waals surface area contributed by atoms with Crippen molar-refractivity contribution in [3.8, 4) is 0 Å². The number of aryl methyl sites for hydroxylation is 2. The van der Waals surface area contributed by atoms with Crippen LogP contribution in [0, 0.1) is 6.92 Å². The Morgan fingerprint density at radius 1 is 1.15 bits per heavy atom. The van der Waals surface area contributed by atoms with E-state index in [1.54, 1.807) is 0 Å². The van der Waals surface area contributed by atoms with Gasteiger partial charge < -0.3 is 9.88 Å². The fourth-order valence-electron chi connectivity index (χ4n) is 3.38. The van der Waals surface area contributed by atoms with E-state index in [9.17, 15) is 0 Å². The summed E-state index contributed by atoms with van der Waals surface area (Å²) in [6.45, 7) is 4.42. The Morgan fingerprint density at radius 2 is 2.00 bits per heavy atom. The van der Waals surface area contributed by atoms with E-state index in [4.69, 9.17) is 0 Å². The fraction of sp³-hybridized carbons (Fsp3) is 0.556. The highest BCUT2D eigenvalue weighted by molar-refractivity contribution is 5.80. The number of rotatable bonds is 5. The Kier molecular flexibility index (Phi) is 4.41. The lowest BCUT2D eigenvalue weighted by Crippen LogP contribution is -2.32. The highest BCUT2D eigenvalue weighted by atomic mass is 15.0. The lowest BCUT2D eigenvalue weighted by molar-refractivity contribution is 0.369. The minimum atomic E-state index is 0.785. The summed E-state index contributed by atoms with van der Waals surface area (Å²) in [5.41, 5.74) is 2.71. The highest BCUT2D eigenvalue weighted by Gasteiger charge is 2.11. The minimum Gasteiger partial charge on any atom is -0.347 e. The number of aromatic nitrogens is 1. The van der Waals surface area contributed by atoms with Gasteiger partial charge in [0.2, 0.25) is 0 Å². The predicted octanol–water partition coefficient (Wildman–Crippen LogP) is 4.26. The van der Waals surface area contributed by atoms with Crippen molar-refractivity contribution >= 4 is 10.9 Å². The molecule has 1 heterocycles. The molecule has 1 fully saturated rings. The molecule has 0 amide bonds. The molecule has 1 aliphatic rings. The zero-order valence-corrected chi connectivity index (χ0v) is 12.6. The molecule has 0 bridgehead atoms. The van der Waals surface area contributed by atoms with Crippen molar-refractivity contribution in [1.82, 2.24) is 9.88 Å². The van der Waals surface area contributed by atoms with E-state index in [-0.39, 0.29) is 0 Å². The molecule has 0 aliphatic heterocycles. The molecule has 2 heteroatoms. The molecule has 0 atom stereocenters. The second kappa shape index (κ2) is 6.45. The van der Waals surface area contributed by atoms with Gasteiger partial charge in [-0.25, -0.2) is 0 Å². The van der Waals surface area contributed by atoms with Gasteiger partial charge in [0.1, 0.15) is 0 Å². The molecule has 1 aliphatic carbocycles. The van der Waals surface area contributed by atoms with Crippen LogP contribution in [0.5, 0.6) is 0 Å². The van der Waals surface area contributed by atoms with Crippen molar-refractivity contribution in [2.45, 2.75) is 58.0 Å². The summed E-state index contributed by atoms with van der Waals surface area (Å²) in [4.78, 5) is 0. The molecule has 1 aromatic carbocycles. The van der Waals surface area contributed by atoms with Gasteiger partial charge in [0, 0.05) is 24.3 Å². The van der Waals surface area contributed by atoms with Gasteiger partial charge in [0.15, 0.2) is 0 Å². The Bertz CT molecular complexity index is 550. The van der Waals surface area contributed by atoms with Crippen LogP contribution in [0.2, 0.25) is 0 Å². The van der Waals surface area contributed by atoms with Crippen LogP contribution in [0.25, 0.3) is 10.9 Å². The number of benzene rings is 1. The molecule has 2 nitrogen and oxygen atoms in total. The van der Waals surface area contributed by atoms with E-state index in [1.807, 2.05) is 0 Å². The second-order valence-electron chi connectivity index (χ2n) is 6.21. The molecular weight excluding hydrogens is 244 g/mol. The van der Waals surface area contributed by atoms with Gasteiger partial charge in [-0.15, -0.1) is 0 Å². The summed E-state index contributed by atoms with van der Waals surface area (Å²) in [7, 11) is 0. The fourth-order valence-corrected chi connectivity index (χ4v) is 3.38. The number of nitrogens with one attached hydrogen (secondary N) is 1. The van der Waals surface area contributed by atoms with Gasteiger partial charge in [-0.3, -0.25) is 0 Å². The third kappa shape index (κ3) is 3.24. The van der Waals surface area contributed by atoms with Gasteiger partial charge >= 0.3 is 0 Å². The van der Waals surface area contributed by atoms with Gasteiger partial charge in [-0.2, -0.15) is 0 Å². The summed E-state index contributed by atoms with van der Waals surface area (Å²) in [5, 5.41) is 5.09. The van der Waals surface area contributed by atoms with Gasteiger partial charge in [-0.05, 0) is 56.3 Å². The molecule has 0 unspecified atom stereocenters.